The minimum Gasteiger partial charge on any atom is -0.390 e. The molecule has 1 aromatic carbocycles. The molecular weight excluding hydrogens is 402 g/mol. The summed E-state index contributed by atoms with van der Waals surface area (Å²) in [7, 11) is 1.77. The lowest BCUT2D eigenvalue weighted by molar-refractivity contribution is -0.161. The van der Waals surface area contributed by atoms with Gasteiger partial charge in [0, 0.05) is 33.1 Å². The van der Waals surface area contributed by atoms with Crippen LogP contribution in [-0.4, -0.2) is 64.0 Å². The third-order valence-electron chi connectivity index (χ3n) is 7.30. The molecule has 166 valence electrons. The van der Waals surface area contributed by atoms with Gasteiger partial charge in [0.25, 0.3) is 0 Å². The van der Waals surface area contributed by atoms with Gasteiger partial charge in [0.15, 0.2) is 0 Å². The van der Waals surface area contributed by atoms with Crippen LogP contribution in [0.1, 0.15) is 56.9 Å². The number of hydrogen-bond donors (Lipinski definition) is 2. The summed E-state index contributed by atoms with van der Waals surface area (Å²) in [6.07, 6.45) is 6.17. The first kappa shape index (κ1) is 23.0. The van der Waals surface area contributed by atoms with E-state index in [1.54, 1.807) is 11.9 Å². The number of piperazine rings is 1. The Morgan fingerprint density at radius 1 is 1.03 bits per heavy atom. The van der Waals surface area contributed by atoms with Crippen molar-refractivity contribution in [1.82, 2.24) is 15.1 Å². The van der Waals surface area contributed by atoms with Crippen LogP contribution in [0.2, 0.25) is 0 Å². The Labute approximate surface area is 185 Å². The van der Waals surface area contributed by atoms with Gasteiger partial charge in [0.05, 0.1) is 5.60 Å². The number of piperidine rings is 1. The van der Waals surface area contributed by atoms with Gasteiger partial charge in [-0.1, -0.05) is 49.6 Å². The number of aliphatic hydroxyl groups is 1. The lowest BCUT2D eigenvalue weighted by Gasteiger charge is -2.51. The number of nitrogens with one attached hydrogen (secondary N) is 1. The number of halogens is 1. The zero-order valence-electron chi connectivity index (χ0n) is 17.8. The van der Waals surface area contributed by atoms with Crippen LogP contribution in [0.15, 0.2) is 30.3 Å². The highest BCUT2D eigenvalue weighted by Gasteiger charge is 2.53. The lowest BCUT2D eigenvalue weighted by Crippen LogP contribution is -2.72. The third kappa shape index (κ3) is 4.51. The Morgan fingerprint density at radius 3 is 2.30 bits per heavy atom. The van der Waals surface area contributed by atoms with Gasteiger partial charge in [0.1, 0.15) is 11.6 Å². The fourth-order valence-corrected chi connectivity index (χ4v) is 5.37. The summed E-state index contributed by atoms with van der Waals surface area (Å²) < 4.78 is 0. The van der Waals surface area contributed by atoms with Crippen LogP contribution in [0.25, 0.3) is 0 Å². The molecule has 0 unspecified atom stereocenters. The first-order valence-corrected chi connectivity index (χ1v) is 11.0. The van der Waals surface area contributed by atoms with E-state index in [0.717, 1.165) is 51.7 Å². The second kappa shape index (κ2) is 9.25. The van der Waals surface area contributed by atoms with Crippen molar-refractivity contribution in [3.05, 3.63) is 35.9 Å². The minimum atomic E-state index is -0.823. The van der Waals surface area contributed by atoms with E-state index in [2.05, 4.69) is 22.3 Å². The second-order valence-corrected chi connectivity index (χ2v) is 9.21. The molecule has 1 saturated carbocycles. The van der Waals surface area contributed by atoms with Crippen molar-refractivity contribution >= 4 is 24.2 Å². The van der Waals surface area contributed by atoms with Crippen LogP contribution >= 0.6 is 12.4 Å². The van der Waals surface area contributed by atoms with Crippen LogP contribution in [0, 0.1) is 0 Å². The maximum absolute atomic E-state index is 13.1. The van der Waals surface area contributed by atoms with Gasteiger partial charge < -0.3 is 15.3 Å². The molecular formula is C23H34ClN3O3. The molecule has 4 rings (SSSR count). The summed E-state index contributed by atoms with van der Waals surface area (Å²) in [6, 6.07) is 9.73. The van der Waals surface area contributed by atoms with Crippen molar-refractivity contribution in [3.8, 4) is 0 Å². The van der Waals surface area contributed by atoms with E-state index in [1.165, 1.54) is 5.56 Å². The Hall–Kier alpha value is -1.63. The molecule has 2 heterocycles. The maximum atomic E-state index is 13.1. The largest absolute Gasteiger partial charge is 0.390 e. The average molecular weight is 436 g/mol. The molecule has 2 aliphatic heterocycles. The fraction of sp³-hybridized carbons (Fsp3) is 0.652. The van der Waals surface area contributed by atoms with E-state index in [1.807, 2.05) is 18.2 Å². The maximum Gasteiger partial charge on any atom is 0.246 e. The Bertz CT molecular complexity index is 743. The highest BCUT2D eigenvalue weighted by atomic mass is 35.5. The molecule has 2 amide bonds. The van der Waals surface area contributed by atoms with E-state index >= 15 is 0 Å². The fourth-order valence-electron chi connectivity index (χ4n) is 5.37. The van der Waals surface area contributed by atoms with Crippen LogP contribution in [0.4, 0.5) is 0 Å². The molecule has 1 atom stereocenters. The number of carbonyl (C=O) groups is 2. The van der Waals surface area contributed by atoms with Crippen LogP contribution in [0.3, 0.4) is 0 Å². The van der Waals surface area contributed by atoms with Gasteiger partial charge >= 0.3 is 0 Å². The molecule has 3 aliphatic rings. The molecule has 1 spiro atoms. The Balaban J connectivity index is 0.00000256. The monoisotopic (exact) mass is 435 g/mol. The normalized spacial score (nSPS) is 26.2. The molecule has 30 heavy (non-hydrogen) atoms. The van der Waals surface area contributed by atoms with Gasteiger partial charge in [-0.15, -0.1) is 12.4 Å². The van der Waals surface area contributed by atoms with Gasteiger partial charge in [-0.25, -0.2) is 0 Å². The lowest BCUT2D eigenvalue weighted by atomic mass is 9.77. The summed E-state index contributed by atoms with van der Waals surface area (Å²) in [5, 5.41) is 13.8. The van der Waals surface area contributed by atoms with E-state index in [4.69, 9.17) is 0 Å². The van der Waals surface area contributed by atoms with Crippen molar-refractivity contribution < 1.29 is 14.7 Å². The predicted molar refractivity (Wildman–Crippen MR) is 118 cm³/mol. The van der Waals surface area contributed by atoms with Crippen molar-refractivity contribution in [2.45, 2.75) is 75.1 Å². The summed E-state index contributed by atoms with van der Waals surface area (Å²) >= 11 is 0. The molecule has 3 fully saturated rings. The smallest absolute Gasteiger partial charge is 0.246 e. The number of rotatable bonds is 4. The van der Waals surface area contributed by atoms with E-state index < -0.39 is 17.2 Å². The molecule has 0 bridgehead atoms. The van der Waals surface area contributed by atoms with Gasteiger partial charge in [-0.05, 0) is 31.2 Å². The van der Waals surface area contributed by atoms with E-state index in [9.17, 15) is 14.7 Å². The van der Waals surface area contributed by atoms with Crippen LogP contribution < -0.4 is 5.32 Å². The second-order valence-electron chi connectivity index (χ2n) is 9.21. The number of benzene rings is 1. The zero-order chi connectivity index (χ0) is 20.5. The number of likely N-dealkylation sites (tertiary alicyclic amines) is 1. The molecule has 6 nitrogen and oxygen atoms in total. The molecule has 0 aromatic heterocycles. The molecule has 1 aliphatic carbocycles. The predicted octanol–water partition coefficient (Wildman–Crippen LogP) is 2.49. The highest BCUT2D eigenvalue weighted by molar-refractivity contribution is 5.99. The number of carbonyl (C=O) groups excluding carboxylic acids is 2. The number of hydrogen-bond acceptors (Lipinski definition) is 4. The number of nitrogens with zero attached hydrogens (tertiary/aromatic N) is 2. The third-order valence-corrected chi connectivity index (χ3v) is 7.30. The SMILES string of the molecule is CN1C(=O)[C@@H](CC2(O)CCCCC2)NC(=O)C12CCN(Cc1ccccc1)CC2.Cl. The van der Waals surface area contributed by atoms with Crippen LogP contribution in [-0.2, 0) is 16.1 Å². The summed E-state index contributed by atoms with van der Waals surface area (Å²) in [6.45, 7) is 2.44. The van der Waals surface area contributed by atoms with E-state index in [0.29, 0.717) is 19.3 Å². The molecule has 1 aromatic rings. The van der Waals surface area contributed by atoms with Crippen molar-refractivity contribution in [2.75, 3.05) is 20.1 Å². The Kier molecular flexibility index (Phi) is 7.10. The number of amides is 2. The first-order chi connectivity index (χ1) is 13.9. The minimum absolute atomic E-state index is 0. The first-order valence-electron chi connectivity index (χ1n) is 11.0. The number of likely N-dealkylation sites (N-methyl/N-ethyl adjacent to an activating group) is 1. The molecule has 0 radical (unpaired) electrons. The van der Waals surface area contributed by atoms with E-state index in [-0.39, 0.29) is 24.2 Å². The average Bonchev–Trinajstić information content (AvgIpc) is 2.73. The van der Waals surface area contributed by atoms with Gasteiger partial charge in [-0.2, -0.15) is 0 Å². The molecule has 2 saturated heterocycles. The van der Waals surface area contributed by atoms with Crippen LogP contribution in [0.5, 0.6) is 0 Å². The summed E-state index contributed by atoms with van der Waals surface area (Å²) in [5.74, 6) is -0.108. The summed E-state index contributed by atoms with van der Waals surface area (Å²) in [5.41, 5.74) is -0.312. The van der Waals surface area contributed by atoms with Crippen molar-refractivity contribution in [3.63, 3.8) is 0 Å². The van der Waals surface area contributed by atoms with Crippen molar-refractivity contribution in [1.29, 1.82) is 0 Å². The molecule has 7 heteroatoms. The molecule has 2 N–H and O–H groups in total. The Morgan fingerprint density at radius 2 is 1.67 bits per heavy atom. The highest BCUT2D eigenvalue weighted by Crippen LogP contribution is 2.36. The van der Waals surface area contributed by atoms with Gasteiger partial charge in [-0.3, -0.25) is 14.5 Å². The topological polar surface area (TPSA) is 72.9 Å². The quantitative estimate of drug-likeness (QED) is 0.762. The summed E-state index contributed by atoms with van der Waals surface area (Å²) in [4.78, 5) is 30.3. The zero-order valence-corrected chi connectivity index (χ0v) is 18.6. The van der Waals surface area contributed by atoms with Gasteiger partial charge in [0.2, 0.25) is 11.8 Å². The standard InChI is InChI=1S/C23H33N3O3.ClH/c1-25-20(27)19(16-22(29)10-6-3-7-11-22)24-21(28)23(25)12-14-26(15-13-23)17-18-8-4-2-5-9-18;/h2,4-5,8-9,19,29H,3,6-7,10-17H2,1H3,(H,24,28);1H/t19-;/m1./s1. The van der Waals surface area contributed by atoms with Crippen molar-refractivity contribution in [2.24, 2.45) is 0 Å².